The molecular formula is C17H22N6O4S. The fourth-order valence-electron chi connectivity index (χ4n) is 3.01. The molecule has 3 N–H and O–H groups in total. The lowest BCUT2D eigenvalue weighted by molar-refractivity contribution is 0.0945. The normalized spacial score (nSPS) is 17.4. The lowest BCUT2D eigenvalue weighted by Gasteiger charge is -2.21. The fraction of sp³-hybridized carbons (Fsp3) is 0.412. The molecule has 0 radical (unpaired) electrons. The van der Waals surface area contributed by atoms with Gasteiger partial charge in [0.15, 0.2) is 11.5 Å². The van der Waals surface area contributed by atoms with Crippen LogP contribution >= 0.6 is 0 Å². The van der Waals surface area contributed by atoms with Crippen LogP contribution in [0, 0.1) is 0 Å². The number of nitrogens with two attached hydrogens (primary N) is 1. The minimum Gasteiger partial charge on any atom is -0.481 e. The monoisotopic (exact) mass is 406 g/mol. The number of amides is 1. The molecule has 0 aliphatic carbocycles. The second-order valence-electron chi connectivity index (χ2n) is 6.41. The Morgan fingerprint density at radius 2 is 2.21 bits per heavy atom. The molecule has 3 rings (SSSR count). The first-order valence-corrected chi connectivity index (χ1v) is 10.2. The molecule has 10 nitrogen and oxygen atoms in total. The van der Waals surface area contributed by atoms with E-state index in [0.29, 0.717) is 18.2 Å². The summed E-state index contributed by atoms with van der Waals surface area (Å²) in [4.78, 5) is 24.4. The zero-order valence-corrected chi connectivity index (χ0v) is 16.4. The van der Waals surface area contributed by atoms with Crippen molar-refractivity contribution in [2.75, 3.05) is 19.4 Å². The molecular weight excluding hydrogens is 384 g/mol. The van der Waals surface area contributed by atoms with Crippen LogP contribution < -0.4 is 15.8 Å². The lowest BCUT2D eigenvalue weighted by Crippen LogP contribution is -2.34. The van der Waals surface area contributed by atoms with Gasteiger partial charge < -0.3 is 15.8 Å². The van der Waals surface area contributed by atoms with Crippen LogP contribution in [0.2, 0.25) is 0 Å². The van der Waals surface area contributed by atoms with Gasteiger partial charge in [0.2, 0.25) is 15.9 Å². The minimum absolute atomic E-state index is 0.0167. The highest BCUT2D eigenvalue weighted by Gasteiger charge is 2.33. The van der Waals surface area contributed by atoms with Crippen molar-refractivity contribution in [3.8, 4) is 5.88 Å². The molecule has 2 aromatic heterocycles. The molecule has 150 valence electrons. The Labute approximate surface area is 163 Å². The van der Waals surface area contributed by atoms with E-state index in [1.54, 1.807) is 6.07 Å². The van der Waals surface area contributed by atoms with Crippen LogP contribution in [-0.4, -0.2) is 53.3 Å². The number of nitrogens with zero attached hydrogens (tertiary/aromatic N) is 4. The number of rotatable bonds is 6. The summed E-state index contributed by atoms with van der Waals surface area (Å²) >= 11 is 0. The van der Waals surface area contributed by atoms with Crippen molar-refractivity contribution in [3.63, 3.8) is 0 Å². The van der Waals surface area contributed by atoms with Crippen LogP contribution in [0.4, 0.5) is 5.69 Å². The third-order valence-electron chi connectivity index (χ3n) is 4.50. The summed E-state index contributed by atoms with van der Waals surface area (Å²) in [5.41, 5.74) is 5.83. The highest BCUT2D eigenvalue weighted by Crippen LogP contribution is 2.26. The highest BCUT2D eigenvalue weighted by atomic mass is 32.2. The van der Waals surface area contributed by atoms with Crippen LogP contribution in [0.1, 0.15) is 36.1 Å². The van der Waals surface area contributed by atoms with Gasteiger partial charge in [-0.3, -0.25) is 4.79 Å². The molecule has 11 heteroatoms. The molecule has 0 aromatic carbocycles. The SMILES string of the molecule is COc1ccnc(CNC(=O)c2ncc(S(=O)(=O)N3CCC[C@@H]3C)cc2N)n1. The highest BCUT2D eigenvalue weighted by molar-refractivity contribution is 7.89. The molecule has 1 amide bonds. The molecule has 1 saturated heterocycles. The Morgan fingerprint density at radius 3 is 2.86 bits per heavy atom. The quantitative estimate of drug-likeness (QED) is 0.709. The van der Waals surface area contributed by atoms with Crippen molar-refractivity contribution in [1.82, 2.24) is 24.6 Å². The van der Waals surface area contributed by atoms with Crippen molar-refractivity contribution in [1.29, 1.82) is 0 Å². The number of anilines is 1. The maximum absolute atomic E-state index is 12.8. The number of pyridine rings is 1. The molecule has 0 unspecified atom stereocenters. The van der Waals surface area contributed by atoms with E-state index in [2.05, 4.69) is 20.3 Å². The summed E-state index contributed by atoms with van der Waals surface area (Å²) in [6, 6.07) is 2.78. The Morgan fingerprint density at radius 1 is 1.43 bits per heavy atom. The maximum Gasteiger partial charge on any atom is 0.272 e. The first kappa shape index (κ1) is 20.0. The summed E-state index contributed by atoms with van der Waals surface area (Å²) in [5.74, 6) is 0.179. The molecule has 2 aromatic rings. The smallest absolute Gasteiger partial charge is 0.272 e. The number of sulfonamides is 1. The van der Waals surface area contributed by atoms with Crippen molar-refractivity contribution in [3.05, 3.63) is 36.0 Å². The average Bonchev–Trinajstić information content (AvgIpc) is 3.13. The molecule has 0 spiro atoms. The summed E-state index contributed by atoms with van der Waals surface area (Å²) < 4.78 is 31.9. The van der Waals surface area contributed by atoms with Crippen molar-refractivity contribution in [2.45, 2.75) is 37.2 Å². The minimum atomic E-state index is -3.69. The largest absolute Gasteiger partial charge is 0.481 e. The topological polar surface area (TPSA) is 140 Å². The number of hydrogen-bond acceptors (Lipinski definition) is 8. The molecule has 1 fully saturated rings. The molecule has 28 heavy (non-hydrogen) atoms. The van der Waals surface area contributed by atoms with E-state index >= 15 is 0 Å². The van der Waals surface area contributed by atoms with Gasteiger partial charge in [0.25, 0.3) is 5.91 Å². The van der Waals surface area contributed by atoms with Crippen LogP contribution in [0.15, 0.2) is 29.4 Å². The lowest BCUT2D eigenvalue weighted by atomic mass is 10.3. The number of methoxy groups -OCH3 is 1. The van der Waals surface area contributed by atoms with E-state index in [9.17, 15) is 13.2 Å². The van der Waals surface area contributed by atoms with Gasteiger partial charge in [-0.25, -0.2) is 18.4 Å². The van der Waals surface area contributed by atoms with Gasteiger partial charge in [-0.05, 0) is 25.8 Å². The predicted molar refractivity (Wildman–Crippen MR) is 101 cm³/mol. The van der Waals surface area contributed by atoms with Crippen molar-refractivity contribution in [2.24, 2.45) is 0 Å². The summed E-state index contributed by atoms with van der Waals surface area (Å²) in [6.45, 7) is 2.37. The average molecular weight is 406 g/mol. The van der Waals surface area contributed by atoms with Gasteiger partial charge >= 0.3 is 0 Å². The Kier molecular flexibility index (Phi) is 5.75. The van der Waals surface area contributed by atoms with Gasteiger partial charge in [0, 0.05) is 31.0 Å². The third kappa shape index (κ3) is 4.04. The molecule has 1 atom stereocenters. The van der Waals surface area contributed by atoms with Crippen molar-refractivity contribution < 1.29 is 17.9 Å². The second-order valence-corrected chi connectivity index (χ2v) is 8.30. The number of carbonyl (C=O) groups is 1. The number of ether oxygens (including phenoxy) is 1. The van der Waals surface area contributed by atoms with E-state index in [-0.39, 0.29) is 28.9 Å². The molecule has 1 aliphatic rings. The molecule has 3 heterocycles. The van der Waals surface area contributed by atoms with E-state index in [1.165, 1.54) is 23.7 Å². The number of carbonyl (C=O) groups excluding carboxylic acids is 1. The Hall–Kier alpha value is -2.79. The number of hydrogen-bond donors (Lipinski definition) is 2. The third-order valence-corrected chi connectivity index (χ3v) is 6.48. The van der Waals surface area contributed by atoms with Gasteiger partial charge in [0.05, 0.1) is 19.3 Å². The molecule has 0 bridgehead atoms. The summed E-state index contributed by atoms with van der Waals surface area (Å²) in [5, 5.41) is 2.61. The maximum atomic E-state index is 12.8. The van der Waals surface area contributed by atoms with Gasteiger partial charge in [0.1, 0.15) is 4.90 Å². The van der Waals surface area contributed by atoms with Crippen LogP contribution in [0.5, 0.6) is 5.88 Å². The first-order valence-electron chi connectivity index (χ1n) is 8.74. The molecule has 1 aliphatic heterocycles. The van der Waals surface area contributed by atoms with E-state index < -0.39 is 15.9 Å². The zero-order chi connectivity index (χ0) is 20.3. The number of aromatic nitrogens is 3. The summed E-state index contributed by atoms with van der Waals surface area (Å²) in [7, 11) is -2.21. The van der Waals surface area contributed by atoms with Crippen LogP contribution in [0.25, 0.3) is 0 Å². The predicted octanol–water partition coefficient (Wildman–Crippen LogP) is 0.565. The van der Waals surface area contributed by atoms with Crippen molar-refractivity contribution >= 4 is 21.6 Å². The van der Waals surface area contributed by atoms with E-state index in [0.717, 1.165) is 19.0 Å². The fourth-order valence-corrected chi connectivity index (χ4v) is 4.70. The number of nitrogen functional groups attached to an aromatic ring is 1. The zero-order valence-electron chi connectivity index (χ0n) is 15.6. The second kappa shape index (κ2) is 8.07. The first-order chi connectivity index (χ1) is 13.3. The van der Waals surface area contributed by atoms with Gasteiger partial charge in [-0.15, -0.1) is 0 Å². The summed E-state index contributed by atoms with van der Waals surface area (Å²) in [6.07, 6.45) is 4.30. The van der Waals surface area contributed by atoms with Crippen LogP contribution in [0.3, 0.4) is 0 Å². The van der Waals surface area contributed by atoms with Gasteiger partial charge in [-0.1, -0.05) is 0 Å². The van der Waals surface area contributed by atoms with Gasteiger partial charge in [-0.2, -0.15) is 9.29 Å². The van der Waals surface area contributed by atoms with Crippen LogP contribution in [-0.2, 0) is 16.6 Å². The molecule has 0 saturated carbocycles. The number of nitrogens with one attached hydrogen (secondary N) is 1. The van der Waals surface area contributed by atoms with E-state index in [4.69, 9.17) is 10.5 Å². The standard InChI is InChI=1S/C17H22N6O4S/c1-11-4-3-7-23(11)28(25,26)12-8-13(18)16(20-9-12)17(24)21-10-14-19-6-5-15(22-14)27-2/h5-6,8-9,11H,3-4,7,10,18H2,1-2H3,(H,21,24)/t11-/m0/s1. The Bertz CT molecular complexity index is 981. The Balaban J connectivity index is 1.73. The van der Waals surface area contributed by atoms with E-state index in [1.807, 2.05) is 6.92 Å².